The number of carbonyl (C=O) groups excluding carboxylic acids is 1. The number of likely N-dealkylation sites (tertiary alicyclic amines) is 1. The summed E-state index contributed by atoms with van der Waals surface area (Å²) < 4.78 is 58.3. The van der Waals surface area contributed by atoms with Gasteiger partial charge in [0.15, 0.2) is 0 Å². The van der Waals surface area contributed by atoms with Crippen LogP contribution in [0.15, 0.2) is 48.5 Å². The third-order valence-electron chi connectivity index (χ3n) is 4.80. The lowest BCUT2D eigenvalue weighted by atomic mass is 10.2. The average molecular weight is 422 g/mol. The van der Waals surface area contributed by atoms with Gasteiger partial charge < -0.3 is 19.9 Å². The second kappa shape index (κ2) is 7.94. The molecule has 2 aromatic carbocycles. The Hall–Kier alpha value is -3.14. The number of ether oxygens (including phenoxy) is 1. The van der Waals surface area contributed by atoms with Crippen molar-refractivity contribution < 1.29 is 27.1 Å². The Bertz CT molecular complexity index is 1020. The number of benzene rings is 2. The van der Waals surface area contributed by atoms with Crippen LogP contribution in [0.3, 0.4) is 0 Å². The molecule has 1 aliphatic rings. The van der Waals surface area contributed by atoms with E-state index in [1.807, 2.05) is 24.3 Å². The lowest BCUT2D eigenvalue weighted by Gasteiger charge is -2.17. The van der Waals surface area contributed by atoms with Crippen LogP contribution in [0.4, 0.5) is 28.0 Å². The highest BCUT2D eigenvalue weighted by Crippen LogP contribution is 2.31. The lowest BCUT2D eigenvalue weighted by molar-refractivity contribution is -0.137. The number of urea groups is 1. The molecule has 4 rings (SSSR count). The van der Waals surface area contributed by atoms with Crippen molar-refractivity contribution in [2.75, 3.05) is 18.4 Å². The van der Waals surface area contributed by atoms with Gasteiger partial charge in [-0.05, 0) is 30.3 Å². The van der Waals surface area contributed by atoms with E-state index in [4.69, 9.17) is 4.74 Å². The van der Waals surface area contributed by atoms with Crippen LogP contribution >= 0.6 is 0 Å². The number of anilines is 1. The Balaban J connectivity index is 1.34. The van der Waals surface area contributed by atoms with Crippen molar-refractivity contribution in [2.45, 2.75) is 25.1 Å². The summed E-state index contributed by atoms with van der Waals surface area (Å²) >= 11 is 0. The Morgan fingerprint density at radius 3 is 2.77 bits per heavy atom. The molecule has 10 heteroatoms. The molecule has 158 valence electrons. The number of para-hydroxylation sites is 2. The highest BCUT2D eigenvalue weighted by Gasteiger charge is 2.37. The molecule has 2 atom stereocenters. The summed E-state index contributed by atoms with van der Waals surface area (Å²) in [6.07, 6.45) is -6.79. The molecule has 30 heavy (non-hydrogen) atoms. The number of amides is 2. The normalized spacial score (nSPS) is 19.4. The first kappa shape index (κ1) is 20.1. The van der Waals surface area contributed by atoms with Crippen molar-refractivity contribution in [3.63, 3.8) is 0 Å². The number of nitrogens with one attached hydrogen (secondary N) is 2. The minimum absolute atomic E-state index is 0.0168. The van der Waals surface area contributed by atoms with Gasteiger partial charge in [-0.3, -0.25) is 0 Å². The second-order valence-corrected chi connectivity index (χ2v) is 6.98. The van der Waals surface area contributed by atoms with Gasteiger partial charge in [-0.15, -0.1) is 0 Å². The van der Waals surface area contributed by atoms with Crippen LogP contribution in [0, 0.1) is 0 Å². The third-order valence-corrected chi connectivity index (χ3v) is 4.80. The Morgan fingerprint density at radius 1 is 1.20 bits per heavy atom. The number of nitrogens with zero attached hydrogens (tertiary/aromatic N) is 2. The summed E-state index contributed by atoms with van der Waals surface area (Å²) in [5.74, 6) is 0.537. The predicted molar refractivity (Wildman–Crippen MR) is 102 cm³/mol. The van der Waals surface area contributed by atoms with Crippen molar-refractivity contribution >= 4 is 22.8 Å². The third kappa shape index (κ3) is 4.38. The van der Waals surface area contributed by atoms with Gasteiger partial charge in [0, 0.05) is 5.69 Å². The summed E-state index contributed by atoms with van der Waals surface area (Å²) in [7, 11) is 0. The van der Waals surface area contributed by atoms with Crippen molar-refractivity contribution in [3.8, 4) is 0 Å². The topological polar surface area (TPSA) is 70.2 Å². The number of aromatic nitrogens is 2. The number of H-pyrrole nitrogens is 1. The fourth-order valence-electron chi connectivity index (χ4n) is 3.29. The summed E-state index contributed by atoms with van der Waals surface area (Å²) in [6.45, 7) is -0.190. The van der Waals surface area contributed by atoms with Gasteiger partial charge in [0.25, 0.3) is 0 Å². The van der Waals surface area contributed by atoms with E-state index in [2.05, 4.69) is 15.3 Å². The molecule has 6 nitrogen and oxygen atoms in total. The minimum atomic E-state index is -4.52. The van der Waals surface area contributed by atoms with Gasteiger partial charge in [0.05, 0.1) is 29.7 Å². The SMILES string of the molecule is O=C(Nc1cccc(C(F)(F)F)c1)N1C[C@@H](F)[C@@H](OCc2nc3ccccc3[nH]2)C1. The van der Waals surface area contributed by atoms with Crippen molar-refractivity contribution in [1.29, 1.82) is 0 Å². The first-order chi connectivity index (χ1) is 14.3. The van der Waals surface area contributed by atoms with E-state index in [9.17, 15) is 22.4 Å². The Kier molecular flexibility index (Phi) is 5.33. The molecule has 1 fully saturated rings. The highest BCUT2D eigenvalue weighted by atomic mass is 19.4. The summed E-state index contributed by atoms with van der Waals surface area (Å²) in [6, 6.07) is 11.0. The number of hydrogen-bond donors (Lipinski definition) is 2. The molecule has 0 spiro atoms. The fraction of sp³-hybridized carbons (Fsp3) is 0.300. The number of alkyl halides is 4. The highest BCUT2D eigenvalue weighted by molar-refractivity contribution is 5.89. The minimum Gasteiger partial charge on any atom is -0.365 e. The number of carbonyl (C=O) groups is 1. The molecule has 0 saturated carbocycles. The number of fused-ring (bicyclic) bond motifs is 1. The molecule has 1 aliphatic heterocycles. The average Bonchev–Trinajstić information content (AvgIpc) is 3.29. The van der Waals surface area contributed by atoms with Crippen LogP contribution in [-0.2, 0) is 17.5 Å². The largest absolute Gasteiger partial charge is 0.416 e. The van der Waals surface area contributed by atoms with E-state index in [-0.39, 0.29) is 25.4 Å². The molecular formula is C20H18F4N4O2. The van der Waals surface area contributed by atoms with Crippen molar-refractivity contribution in [2.24, 2.45) is 0 Å². The van der Waals surface area contributed by atoms with Crippen LogP contribution in [0.25, 0.3) is 11.0 Å². The summed E-state index contributed by atoms with van der Waals surface area (Å²) in [5.41, 5.74) is 0.705. The van der Waals surface area contributed by atoms with Gasteiger partial charge in [0.1, 0.15) is 24.7 Å². The molecule has 2 heterocycles. The van der Waals surface area contributed by atoms with Crippen LogP contribution in [-0.4, -0.2) is 46.3 Å². The maximum absolute atomic E-state index is 14.3. The molecule has 2 amide bonds. The molecule has 0 aliphatic carbocycles. The Labute approximate surface area is 168 Å². The van der Waals surface area contributed by atoms with E-state index < -0.39 is 30.0 Å². The van der Waals surface area contributed by atoms with Gasteiger partial charge in [-0.2, -0.15) is 13.2 Å². The molecule has 0 bridgehead atoms. The molecule has 2 N–H and O–H groups in total. The van der Waals surface area contributed by atoms with E-state index in [1.54, 1.807) is 0 Å². The first-order valence-corrected chi connectivity index (χ1v) is 9.22. The maximum atomic E-state index is 14.3. The summed E-state index contributed by atoms with van der Waals surface area (Å²) in [5, 5.41) is 2.38. The molecule has 0 unspecified atom stereocenters. The smallest absolute Gasteiger partial charge is 0.365 e. The number of hydrogen-bond acceptors (Lipinski definition) is 3. The first-order valence-electron chi connectivity index (χ1n) is 9.22. The standard InChI is InChI=1S/C20H18F4N4O2/c21-14-9-28(19(29)25-13-5-3-4-12(8-13)20(22,23)24)10-17(14)30-11-18-26-15-6-1-2-7-16(15)27-18/h1-8,14,17H,9-11H2,(H,25,29)(H,26,27)/t14-,17+/m1/s1. The van der Waals surface area contributed by atoms with Crippen LogP contribution in [0.1, 0.15) is 11.4 Å². The molecule has 0 radical (unpaired) electrons. The Morgan fingerprint density at radius 2 is 2.00 bits per heavy atom. The van der Waals surface area contributed by atoms with Gasteiger partial charge in [-0.1, -0.05) is 18.2 Å². The monoisotopic (exact) mass is 422 g/mol. The van der Waals surface area contributed by atoms with E-state index in [1.165, 1.54) is 17.0 Å². The number of aromatic amines is 1. The van der Waals surface area contributed by atoms with Gasteiger partial charge >= 0.3 is 12.2 Å². The van der Waals surface area contributed by atoms with Crippen molar-refractivity contribution in [3.05, 3.63) is 59.9 Å². The molecule has 1 aromatic heterocycles. The molecular weight excluding hydrogens is 404 g/mol. The van der Waals surface area contributed by atoms with Crippen LogP contribution < -0.4 is 5.32 Å². The van der Waals surface area contributed by atoms with E-state index in [0.29, 0.717) is 5.82 Å². The van der Waals surface area contributed by atoms with E-state index in [0.717, 1.165) is 23.2 Å². The number of imidazole rings is 1. The maximum Gasteiger partial charge on any atom is 0.416 e. The zero-order chi connectivity index (χ0) is 21.3. The van der Waals surface area contributed by atoms with E-state index >= 15 is 0 Å². The van der Waals surface area contributed by atoms with Gasteiger partial charge in [0.2, 0.25) is 0 Å². The zero-order valence-corrected chi connectivity index (χ0v) is 15.6. The molecule has 3 aromatic rings. The van der Waals surface area contributed by atoms with Crippen molar-refractivity contribution in [1.82, 2.24) is 14.9 Å². The van der Waals surface area contributed by atoms with Crippen LogP contribution in [0.2, 0.25) is 0 Å². The number of halogens is 4. The van der Waals surface area contributed by atoms with Gasteiger partial charge in [-0.25, -0.2) is 14.2 Å². The molecule has 1 saturated heterocycles. The van der Waals surface area contributed by atoms with Crippen LogP contribution in [0.5, 0.6) is 0 Å². The zero-order valence-electron chi connectivity index (χ0n) is 15.6. The second-order valence-electron chi connectivity index (χ2n) is 6.98. The lowest BCUT2D eigenvalue weighted by Crippen LogP contribution is -2.34. The quantitative estimate of drug-likeness (QED) is 0.614. The summed E-state index contributed by atoms with van der Waals surface area (Å²) in [4.78, 5) is 21.0. The predicted octanol–water partition coefficient (Wildman–Crippen LogP) is 4.35. The fourth-order valence-corrected chi connectivity index (χ4v) is 3.29. The number of rotatable bonds is 4.